The van der Waals surface area contributed by atoms with Crippen LogP contribution in [0.25, 0.3) is 10.1 Å². The van der Waals surface area contributed by atoms with Crippen molar-refractivity contribution in [2.75, 3.05) is 0 Å². The van der Waals surface area contributed by atoms with Gasteiger partial charge in [0.1, 0.15) is 5.75 Å². The summed E-state index contributed by atoms with van der Waals surface area (Å²) in [6.45, 7) is 0. The number of phenols is 1. The van der Waals surface area contributed by atoms with Gasteiger partial charge in [0.2, 0.25) is 0 Å². The molecule has 0 amide bonds. The number of phenolic OH excluding ortho intramolecular Hbond substituents is 1. The average molecular weight is 210 g/mol. The molecular formula is C9H6O2S2. The zero-order chi connectivity index (χ0) is 9.42. The minimum Gasteiger partial charge on any atom is -0.507 e. The van der Waals surface area contributed by atoms with Gasteiger partial charge < -0.3 is 5.11 Å². The van der Waals surface area contributed by atoms with E-state index >= 15 is 0 Å². The fourth-order valence-electron chi connectivity index (χ4n) is 1.21. The third-order valence-electron chi connectivity index (χ3n) is 1.85. The van der Waals surface area contributed by atoms with E-state index in [2.05, 4.69) is 12.6 Å². The number of aldehydes is 1. The predicted molar refractivity (Wildman–Crippen MR) is 56.1 cm³/mol. The second-order valence-electron chi connectivity index (χ2n) is 2.61. The Hall–Kier alpha value is -1.00. The van der Waals surface area contributed by atoms with Crippen molar-refractivity contribution in [3.05, 3.63) is 23.1 Å². The van der Waals surface area contributed by atoms with Crippen LogP contribution in [0.3, 0.4) is 0 Å². The molecule has 0 fully saturated rings. The summed E-state index contributed by atoms with van der Waals surface area (Å²) >= 11 is 5.70. The lowest BCUT2D eigenvalue weighted by Gasteiger charge is -2.01. The highest BCUT2D eigenvalue weighted by atomic mass is 32.1. The Balaban J connectivity index is 2.92. The van der Waals surface area contributed by atoms with Gasteiger partial charge in [0.15, 0.2) is 6.29 Å². The van der Waals surface area contributed by atoms with Crippen LogP contribution in [0.15, 0.2) is 22.4 Å². The molecule has 2 aromatic rings. The van der Waals surface area contributed by atoms with E-state index in [1.54, 1.807) is 6.07 Å². The molecule has 66 valence electrons. The summed E-state index contributed by atoms with van der Waals surface area (Å²) in [6, 6.07) is 3.46. The monoisotopic (exact) mass is 210 g/mol. The first-order valence-corrected chi connectivity index (χ1v) is 4.94. The first kappa shape index (κ1) is 8.59. The Kier molecular flexibility index (Phi) is 2.01. The van der Waals surface area contributed by atoms with Gasteiger partial charge in [0.05, 0.1) is 5.56 Å². The van der Waals surface area contributed by atoms with E-state index in [1.807, 2.05) is 11.4 Å². The third kappa shape index (κ3) is 1.22. The van der Waals surface area contributed by atoms with E-state index in [4.69, 9.17) is 0 Å². The summed E-state index contributed by atoms with van der Waals surface area (Å²) in [5.41, 5.74) is 0.262. The fraction of sp³-hybridized carbons (Fsp3) is 0. The lowest BCUT2D eigenvalue weighted by molar-refractivity contribution is 0.111. The summed E-state index contributed by atoms with van der Waals surface area (Å²) in [4.78, 5) is 11.2. The molecule has 1 N–H and O–H groups in total. The van der Waals surface area contributed by atoms with Crippen molar-refractivity contribution < 1.29 is 9.90 Å². The number of carbonyl (C=O) groups is 1. The molecule has 0 aliphatic rings. The topological polar surface area (TPSA) is 37.3 Å². The van der Waals surface area contributed by atoms with Crippen molar-refractivity contribution in [3.8, 4) is 5.75 Å². The Labute approximate surface area is 84.2 Å². The van der Waals surface area contributed by atoms with Crippen LogP contribution in [0.1, 0.15) is 10.4 Å². The van der Waals surface area contributed by atoms with Crippen molar-refractivity contribution in [1.82, 2.24) is 0 Å². The third-order valence-corrected chi connectivity index (χ3v) is 3.42. The van der Waals surface area contributed by atoms with Gasteiger partial charge >= 0.3 is 0 Å². The maximum absolute atomic E-state index is 10.6. The molecule has 1 heterocycles. The Morgan fingerprint density at radius 1 is 1.54 bits per heavy atom. The number of carbonyl (C=O) groups excluding carboxylic acids is 1. The summed E-state index contributed by atoms with van der Waals surface area (Å²) in [5.74, 6) is -0.00843. The molecule has 0 aliphatic carbocycles. The number of aromatic hydroxyl groups is 1. The van der Waals surface area contributed by atoms with Gasteiger partial charge in [0.25, 0.3) is 0 Å². The number of thiol groups is 1. The van der Waals surface area contributed by atoms with Gasteiger partial charge in [-0.25, -0.2) is 0 Å². The van der Waals surface area contributed by atoms with Crippen molar-refractivity contribution in [2.24, 2.45) is 0 Å². The van der Waals surface area contributed by atoms with E-state index in [0.717, 1.165) is 10.1 Å². The van der Waals surface area contributed by atoms with E-state index in [0.29, 0.717) is 11.2 Å². The molecule has 13 heavy (non-hydrogen) atoms. The molecule has 0 radical (unpaired) electrons. The molecule has 1 aromatic heterocycles. The number of hydrogen-bond acceptors (Lipinski definition) is 4. The van der Waals surface area contributed by atoms with Crippen LogP contribution >= 0.6 is 24.0 Å². The number of fused-ring (bicyclic) bond motifs is 1. The van der Waals surface area contributed by atoms with Crippen LogP contribution < -0.4 is 0 Å². The van der Waals surface area contributed by atoms with E-state index in [9.17, 15) is 9.90 Å². The molecule has 0 aliphatic heterocycles. The van der Waals surface area contributed by atoms with Gasteiger partial charge in [-0.1, -0.05) is 0 Å². The smallest absolute Gasteiger partial charge is 0.154 e. The normalized spacial score (nSPS) is 10.5. The minimum atomic E-state index is -0.00843. The molecule has 2 rings (SSSR count). The van der Waals surface area contributed by atoms with Gasteiger partial charge in [-0.15, -0.1) is 24.0 Å². The van der Waals surface area contributed by atoms with E-state index < -0.39 is 0 Å². The summed E-state index contributed by atoms with van der Waals surface area (Å²) in [5, 5.41) is 12.2. The zero-order valence-electron chi connectivity index (χ0n) is 6.52. The Morgan fingerprint density at radius 2 is 2.31 bits per heavy atom. The summed E-state index contributed by atoms with van der Waals surface area (Å²) in [6.07, 6.45) is 0.622. The van der Waals surface area contributed by atoms with Gasteiger partial charge in [0, 0.05) is 9.60 Å². The van der Waals surface area contributed by atoms with Gasteiger partial charge in [-0.2, -0.15) is 0 Å². The average Bonchev–Trinajstić information content (AvgIpc) is 2.53. The maximum Gasteiger partial charge on any atom is 0.154 e. The largest absolute Gasteiger partial charge is 0.507 e. The number of benzene rings is 1. The van der Waals surface area contributed by atoms with Crippen molar-refractivity contribution in [1.29, 1.82) is 0 Å². The lowest BCUT2D eigenvalue weighted by Crippen LogP contribution is -1.83. The SMILES string of the molecule is O=Cc1c(O)cc2ccsc2c1S. The lowest BCUT2D eigenvalue weighted by atomic mass is 10.1. The van der Waals surface area contributed by atoms with Crippen molar-refractivity contribution in [3.63, 3.8) is 0 Å². The van der Waals surface area contributed by atoms with Crippen LogP contribution in [0.5, 0.6) is 5.75 Å². The molecular weight excluding hydrogens is 204 g/mol. The second-order valence-corrected chi connectivity index (χ2v) is 3.98. The molecule has 0 spiro atoms. The zero-order valence-corrected chi connectivity index (χ0v) is 8.23. The Morgan fingerprint density at radius 3 is 3.00 bits per heavy atom. The molecule has 0 unspecified atom stereocenters. The quantitative estimate of drug-likeness (QED) is 0.561. The minimum absolute atomic E-state index is 0.00843. The first-order valence-electron chi connectivity index (χ1n) is 3.61. The molecule has 0 bridgehead atoms. The molecule has 4 heteroatoms. The summed E-state index contributed by atoms with van der Waals surface area (Å²) in [7, 11) is 0. The van der Waals surface area contributed by atoms with Crippen molar-refractivity contribution >= 4 is 40.3 Å². The number of thiophene rings is 1. The van der Waals surface area contributed by atoms with E-state index in [-0.39, 0.29) is 11.3 Å². The molecule has 0 saturated carbocycles. The number of hydrogen-bond donors (Lipinski definition) is 2. The maximum atomic E-state index is 10.6. The van der Waals surface area contributed by atoms with Gasteiger partial charge in [-0.05, 0) is 22.9 Å². The predicted octanol–water partition coefficient (Wildman–Crippen LogP) is 2.71. The van der Waals surface area contributed by atoms with Crippen LogP contribution in [0.4, 0.5) is 0 Å². The van der Waals surface area contributed by atoms with Crippen LogP contribution in [0.2, 0.25) is 0 Å². The van der Waals surface area contributed by atoms with Gasteiger partial charge in [-0.3, -0.25) is 4.79 Å². The highest BCUT2D eigenvalue weighted by Crippen LogP contribution is 2.34. The number of rotatable bonds is 1. The van der Waals surface area contributed by atoms with Crippen LogP contribution in [-0.4, -0.2) is 11.4 Å². The van der Waals surface area contributed by atoms with E-state index in [1.165, 1.54) is 11.3 Å². The van der Waals surface area contributed by atoms with Crippen molar-refractivity contribution in [2.45, 2.75) is 4.90 Å². The highest BCUT2D eigenvalue weighted by molar-refractivity contribution is 7.80. The molecule has 2 nitrogen and oxygen atoms in total. The fourth-order valence-corrected chi connectivity index (χ4v) is 2.50. The molecule has 1 aromatic carbocycles. The first-order chi connectivity index (χ1) is 6.24. The second kappa shape index (κ2) is 3.05. The Bertz CT molecular complexity index is 474. The summed E-state index contributed by atoms with van der Waals surface area (Å²) < 4.78 is 0.934. The van der Waals surface area contributed by atoms with Crippen LogP contribution in [0, 0.1) is 0 Å². The standard InChI is InChI=1S/C9H6O2S2/c10-4-6-7(11)3-5-1-2-13-9(5)8(6)12/h1-4,11-12H. The highest BCUT2D eigenvalue weighted by Gasteiger charge is 2.09. The molecule has 0 saturated heterocycles. The van der Waals surface area contributed by atoms with Crippen LogP contribution in [-0.2, 0) is 0 Å². The molecule has 0 atom stereocenters.